The van der Waals surface area contributed by atoms with Gasteiger partial charge in [-0.1, -0.05) is 24.3 Å². The van der Waals surface area contributed by atoms with Crippen LogP contribution in [0.4, 0.5) is 5.69 Å². The Labute approximate surface area is 164 Å². The van der Waals surface area contributed by atoms with Crippen molar-refractivity contribution in [3.05, 3.63) is 59.2 Å². The van der Waals surface area contributed by atoms with Crippen molar-refractivity contribution >= 4 is 27.6 Å². The number of hydrogen-bond acceptors (Lipinski definition) is 5. The Morgan fingerprint density at radius 3 is 2.57 bits per heavy atom. The van der Waals surface area contributed by atoms with Gasteiger partial charge in [0.1, 0.15) is 0 Å². The summed E-state index contributed by atoms with van der Waals surface area (Å²) in [4.78, 5) is 26.6. The number of aryl methyl sites for hydroxylation is 1. The van der Waals surface area contributed by atoms with Crippen LogP contribution in [0.1, 0.15) is 21.5 Å². The van der Waals surface area contributed by atoms with Gasteiger partial charge in [0.2, 0.25) is 10.0 Å². The molecule has 148 valence electrons. The van der Waals surface area contributed by atoms with E-state index in [1.54, 1.807) is 17.9 Å². The maximum absolute atomic E-state index is 12.5. The van der Waals surface area contributed by atoms with E-state index in [1.807, 2.05) is 24.3 Å². The molecule has 0 atom stereocenters. The third-order valence-electron chi connectivity index (χ3n) is 4.72. The van der Waals surface area contributed by atoms with Gasteiger partial charge in [-0.15, -0.1) is 0 Å². The zero-order valence-corrected chi connectivity index (χ0v) is 16.8. The van der Waals surface area contributed by atoms with Gasteiger partial charge in [-0.25, -0.2) is 17.5 Å². The molecule has 0 unspecified atom stereocenters. The molecule has 0 fully saturated rings. The molecule has 3 rings (SSSR count). The number of benzene rings is 2. The fourth-order valence-corrected chi connectivity index (χ4v) is 4.00. The molecule has 0 saturated carbocycles. The Kier molecular flexibility index (Phi) is 5.53. The first-order valence-corrected chi connectivity index (χ1v) is 10.2. The summed E-state index contributed by atoms with van der Waals surface area (Å²) in [5.74, 6) is -1.04. The molecule has 7 nitrogen and oxygen atoms in total. The van der Waals surface area contributed by atoms with E-state index in [1.165, 1.54) is 26.2 Å². The van der Waals surface area contributed by atoms with Gasteiger partial charge in [0.05, 0.1) is 10.5 Å². The van der Waals surface area contributed by atoms with E-state index in [9.17, 15) is 18.0 Å². The third kappa shape index (κ3) is 3.79. The average molecular weight is 402 g/mol. The highest BCUT2D eigenvalue weighted by Gasteiger charge is 2.26. The second kappa shape index (κ2) is 7.73. The van der Waals surface area contributed by atoms with Crippen LogP contribution in [0.2, 0.25) is 0 Å². The predicted molar refractivity (Wildman–Crippen MR) is 105 cm³/mol. The summed E-state index contributed by atoms with van der Waals surface area (Å²) in [6.07, 6.45) is 0.763. The first-order valence-electron chi connectivity index (χ1n) is 8.80. The number of ether oxygens (including phenoxy) is 1. The van der Waals surface area contributed by atoms with E-state index in [0.717, 1.165) is 22.0 Å². The van der Waals surface area contributed by atoms with Crippen molar-refractivity contribution in [3.63, 3.8) is 0 Å². The number of carbonyl (C=O) groups excluding carboxylic acids is 2. The molecule has 1 heterocycles. The van der Waals surface area contributed by atoms with Gasteiger partial charge in [0, 0.05) is 26.3 Å². The van der Waals surface area contributed by atoms with Gasteiger partial charge in [0.15, 0.2) is 6.61 Å². The predicted octanol–water partition coefficient (Wildman–Crippen LogP) is 1.99. The van der Waals surface area contributed by atoms with Crippen molar-refractivity contribution in [3.8, 4) is 0 Å². The second-order valence-electron chi connectivity index (χ2n) is 6.76. The summed E-state index contributed by atoms with van der Waals surface area (Å²) in [6, 6.07) is 11.9. The number of sulfonamides is 1. The van der Waals surface area contributed by atoms with Crippen LogP contribution in [0.3, 0.4) is 0 Å². The van der Waals surface area contributed by atoms with Gasteiger partial charge in [-0.3, -0.25) is 4.79 Å². The highest BCUT2D eigenvalue weighted by molar-refractivity contribution is 7.89. The monoisotopic (exact) mass is 402 g/mol. The molecule has 0 radical (unpaired) electrons. The molecule has 8 heteroatoms. The number of esters is 1. The molecule has 1 aliphatic heterocycles. The topological polar surface area (TPSA) is 84.0 Å². The number of hydrogen-bond donors (Lipinski definition) is 0. The molecule has 2 aromatic rings. The molecule has 28 heavy (non-hydrogen) atoms. The first kappa shape index (κ1) is 20.0. The molecule has 0 saturated heterocycles. The zero-order valence-electron chi connectivity index (χ0n) is 16.0. The van der Waals surface area contributed by atoms with Crippen LogP contribution >= 0.6 is 0 Å². The number of nitrogens with zero attached hydrogens (tertiary/aromatic N) is 2. The normalized spacial score (nSPS) is 13.5. The Morgan fingerprint density at radius 2 is 1.86 bits per heavy atom. The maximum atomic E-state index is 12.5. The summed E-state index contributed by atoms with van der Waals surface area (Å²) in [5.41, 5.74) is 2.61. The van der Waals surface area contributed by atoms with Crippen LogP contribution in [-0.2, 0) is 26.0 Å². The lowest BCUT2D eigenvalue weighted by atomic mass is 10.1. The van der Waals surface area contributed by atoms with Crippen LogP contribution < -0.4 is 4.90 Å². The van der Waals surface area contributed by atoms with Crippen LogP contribution in [-0.4, -0.2) is 51.8 Å². The van der Waals surface area contributed by atoms with Crippen molar-refractivity contribution in [2.45, 2.75) is 18.2 Å². The van der Waals surface area contributed by atoms with Crippen LogP contribution in [0.25, 0.3) is 0 Å². The van der Waals surface area contributed by atoms with Gasteiger partial charge in [-0.2, -0.15) is 0 Å². The number of fused-ring (bicyclic) bond motifs is 1. The summed E-state index contributed by atoms with van der Waals surface area (Å²) >= 11 is 0. The average Bonchev–Trinajstić information content (AvgIpc) is 3.10. The van der Waals surface area contributed by atoms with Crippen molar-refractivity contribution in [1.82, 2.24) is 4.31 Å². The standard InChI is InChI=1S/C20H22N2O5S/c1-14-8-9-16(28(25,26)21(2)3)12-17(14)20(24)27-13-19(23)22-11-10-15-6-4-5-7-18(15)22/h4-9,12H,10-11,13H2,1-3H3. The van der Waals surface area contributed by atoms with Gasteiger partial charge < -0.3 is 9.64 Å². The number of anilines is 1. The van der Waals surface area contributed by atoms with E-state index in [-0.39, 0.29) is 16.4 Å². The largest absolute Gasteiger partial charge is 0.452 e. The summed E-state index contributed by atoms with van der Waals surface area (Å²) in [7, 11) is -0.844. The minimum atomic E-state index is -3.68. The SMILES string of the molecule is Cc1ccc(S(=O)(=O)N(C)C)cc1C(=O)OCC(=O)N1CCc2ccccc21. The molecular formula is C20H22N2O5S. The van der Waals surface area contributed by atoms with Crippen molar-refractivity contribution in [1.29, 1.82) is 0 Å². The molecule has 0 aromatic heterocycles. The lowest BCUT2D eigenvalue weighted by Gasteiger charge is -2.17. The van der Waals surface area contributed by atoms with Crippen LogP contribution in [0, 0.1) is 6.92 Å². The van der Waals surface area contributed by atoms with Crippen molar-refractivity contribution in [2.75, 3.05) is 32.1 Å². The van der Waals surface area contributed by atoms with Gasteiger partial charge in [-0.05, 0) is 42.7 Å². The minimum absolute atomic E-state index is 0.00477. The lowest BCUT2D eigenvalue weighted by Crippen LogP contribution is -2.33. The Morgan fingerprint density at radius 1 is 1.14 bits per heavy atom. The molecule has 0 aliphatic carbocycles. The third-order valence-corrected chi connectivity index (χ3v) is 6.53. The highest BCUT2D eigenvalue weighted by atomic mass is 32.2. The second-order valence-corrected chi connectivity index (χ2v) is 8.92. The molecule has 1 amide bonds. The summed E-state index contributed by atoms with van der Waals surface area (Å²) in [6.45, 7) is 1.82. The Hall–Kier alpha value is -2.71. The first-order chi connectivity index (χ1) is 13.2. The quantitative estimate of drug-likeness (QED) is 0.714. The fourth-order valence-electron chi connectivity index (χ4n) is 3.07. The van der Waals surface area contributed by atoms with Crippen molar-refractivity contribution < 1.29 is 22.7 Å². The van der Waals surface area contributed by atoms with E-state index in [4.69, 9.17) is 4.74 Å². The Balaban J connectivity index is 1.73. The van der Waals surface area contributed by atoms with Gasteiger partial charge in [0.25, 0.3) is 5.91 Å². The molecule has 1 aliphatic rings. The van der Waals surface area contributed by atoms with Crippen LogP contribution in [0.5, 0.6) is 0 Å². The number of rotatable bonds is 5. The fraction of sp³-hybridized carbons (Fsp3) is 0.300. The molecule has 0 N–H and O–H groups in total. The lowest BCUT2D eigenvalue weighted by molar-refractivity contribution is -0.121. The highest BCUT2D eigenvalue weighted by Crippen LogP contribution is 2.27. The van der Waals surface area contributed by atoms with E-state index >= 15 is 0 Å². The molecule has 2 aromatic carbocycles. The number of carbonyl (C=O) groups is 2. The van der Waals surface area contributed by atoms with E-state index < -0.39 is 22.6 Å². The van der Waals surface area contributed by atoms with E-state index in [0.29, 0.717) is 12.1 Å². The number of amides is 1. The summed E-state index contributed by atoms with van der Waals surface area (Å²) in [5, 5.41) is 0. The van der Waals surface area contributed by atoms with E-state index in [2.05, 4.69) is 0 Å². The van der Waals surface area contributed by atoms with Gasteiger partial charge >= 0.3 is 5.97 Å². The smallest absolute Gasteiger partial charge is 0.338 e. The van der Waals surface area contributed by atoms with Crippen LogP contribution in [0.15, 0.2) is 47.4 Å². The Bertz CT molecular complexity index is 1030. The summed E-state index contributed by atoms with van der Waals surface area (Å²) < 4.78 is 30.8. The number of para-hydroxylation sites is 1. The zero-order chi connectivity index (χ0) is 20.5. The van der Waals surface area contributed by atoms with Crippen molar-refractivity contribution in [2.24, 2.45) is 0 Å². The molecule has 0 bridgehead atoms. The maximum Gasteiger partial charge on any atom is 0.338 e. The molecule has 0 spiro atoms. The molecular weight excluding hydrogens is 380 g/mol. The minimum Gasteiger partial charge on any atom is -0.452 e.